The Morgan fingerprint density at radius 2 is 2.17 bits per heavy atom. The Morgan fingerprint density at radius 3 is 2.75 bits per heavy atom. The number of rotatable bonds is 8. The van der Waals surface area contributed by atoms with Gasteiger partial charge in [-0.25, -0.2) is 9.78 Å². The normalized spacial score (nSPS) is 16.8. The molecule has 2 N–H and O–H groups in total. The van der Waals surface area contributed by atoms with Gasteiger partial charge < -0.3 is 19.9 Å². The topological polar surface area (TPSA) is 73.6 Å². The number of carbonyl (C=O) groups is 1. The van der Waals surface area contributed by atoms with Crippen LogP contribution in [0.4, 0.5) is 4.79 Å². The van der Waals surface area contributed by atoms with Crippen molar-refractivity contribution in [3.63, 3.8) is 0 Å². The lowest BCUT2D eigenvalue weighted by atomic mass is 10.1. The first-order chi connectivity index (χ1) is 11.7. The van der Waals surface area contributed by atoms with Gasteiger partial charge in [-0.3, -0.25) is 4.90 Å². The van der Waals surface area contributed by atoms with E-state index in [9.17, 15) is 9.90 Å². The number of imidazole rings is 1. The smallest absolute Gasteiger partial charge is 0.317 e. The van der Waals surface area contributed by atoms with E-state index in [1.54, 1.807) is 11.1 Å². The Balaban J connectivity index is 1.88. The molecule has 1 aliphatic heterocycles. The first-order valence-corrected chi connectivity index (χ1v) is 8.99. The van der Waals surface area contributed by atoms with E-state index in [1.807, 2.05) is 17.8 Å². The molecule has 0 aromatic carbocycles. The average molecular weight is 337 g/mol. The van der Waals surface area contributed by atoms with Gasteiger partial charge >= 0.3 is 6.03 Å². The van der Waals surface area contributed by atoms with E-state index in [2.05, 4.69) is 22.1 Å². The highest BCUT2D eigenvalue weighted by Crippen LogP contribution is 2.14. The molecule has 0 radical (unpaired) electrons. The number of hydrogen-bond acceptors (Lipinski definition) is 4. The van der Waals surface area contributed by atoms with E-state index in [4.69, 9.17) is 0 Å². The molecule has 136 valence electrons. The molecule has 1 fully saturated rings. The predicted octanol–water partition coefficient (Wildman–Crippen LogP) is 1.19. The van der Waals surface area contributed by atoms with Gasteiger partial charge in [0.05, 0.1) is 13.2 Å². The van der Waals surface area contributed by atoms with E-state index >= 15 is 0 Å². The van der Waals surface area contributed by atoms with E-state index in [-0.39, 0.29) is 12.6 Å². The lowest BCUT2D eigenvalue weighted by Crippen LogP contribution is -2.49. The second-order valence-electron chi connectivity index (χ2n) is 6.44. The van der Waals surface area contributed by atoms with Crippen molar-refractivity contribution in [1.82, 2.24) is 24.7 Å². The third-order valence-electron chi connectivity index (χ3n) is 4.78. The summed E-state index contributed by atoms with van der Waals surface area (Å²) in [5, 5.41) is 12.3. The minimum absolute atomic E-state index is 0.0544. The quantitative estimate of drug-likeness (QED) is 0.747. The van der Waals surface area contributed by atoms with Crippen molar-refractivity contribution in [3.8, 4) is 0 Å². The Labute approximate surface area is 144 Å². The third-order valence-corrected chi connectivity index (χ3v) is 4.78. The highest BCUT2D eigenvalue weighted by molar-refractivity contribution is 5.74. The summed E-state index contributed by atoms with van der Waals surface area (Å²) >= 11 is 0. The first-order valence-electron chi connectivity index (χ1n) is 8.99. The summed E-state index contributed by atoms with van der Waals surface area (Å²) in [7, 11) is 1.90. The molecular formula is C17H31N5O2. The second kappa shape index (κ2) is 9.64. The Morgan fingerprint density at radius 1 is 1.42 bits per heavy atom. The molecular weight excluding hydrogens is 306 g/mol. The van der Waals surface area contributed by atoms with Gasteiger partial charge in [0.25, 0.3) is 0 Å². The molecule has 1 aromatic heterocycles. The monoisotopic (exact) mass is 337 g/mol. The lowest BCUT2D eigenvalue weighted by molar-refractivity contribution is 0.145. The van der Waals surface area contributed by atoms with Crippen LogP contribution in [-0.4, -0.2) is 69.3 Å². The molecule has 2 amide bonds. The van der Waals surface area contributed by atoms with Crippen molar-refractivity contribution < 1.29 is 9.90 Å². The van der Waals surface area contributed by atoms with Gasteiger partial charge in [-0.05, 0) is 32.4 Å². The van der Waals surface area contributed by atoms with Crippen molar-refractivity contribution in [2.45, 2.75) is 45.2 Å². The van der Waals surface area contributed by atoms with Crippen LogP contribution >= 0.6 is 0 Å². The van der Waals surface area contributed by atoms with Crippen molar-refractivity contribution in [2.24, 2.45) is 7.05 Å². The van der Waals surface area contributed by atoms with Crippen LogP contribution in [0.25, 0.3) is 0 Å². The summed E-state index contributed by atoms with van der Waals surface area (Å²) in [5.41, 5.74) is 0. The number of urea groups is 1. The van der Waals surface area contributed by atoms with Gasteiger partial charge in [0.15, 0.2) is 0 Å². The van der Waals surface area contributed by atoms with Gasteiger partial charge in [0.1, 0.15) is 5.82 Å². The van der Waals surface area contributed by atoms with Crippen LogP contribution in [0.1, 0.15) is 38.4 Å². The highest BCUT2D eigenvalue weighted by Gasteiger charge is 2.21. The molecule has 24 heavy (non-hydrogen) atoms. The highest BCUT2D eigenvalue weighted by atomic mass is 16.3. The molecule has 1 saturated heterocycles. The van der Waals surface area contributed by atoms with Crippen molar-refractivity contribution in [1.29, 1.82) is 0 Å². The summed E-state index contributed by atoms with van der Waals surface area (Å²) in [6.07, 6.45) is 8.41. The summed E-state index contributed by atoms with van der Waals surface area (Å²) in [6, 6.07) is 0.251. The van der Waals surface area contributed by atoms with Gasteiger partial charge in [-0.2, -0.15) is 0 Å². The molecule has 0 bridgehead atoms. The first kappa shape index (κ1) is 18.7. The Hall–Kier alpha value is -1.60. The van der Waals surface area contributed by atoms with Crippen LogP contribution < -0.4 is 5.32 Å². The van der Waals surface area contributed by atoms with Gasteiger partial charge in [-0.1, -0.05) is 13.3 Å². The third kappa shape index (κ3) is 5.21. The Bertz CT molecular complexity index is 499. The number of aromatic nitrogens is 2. The van der Waals surface area contributed by atoms with Crippen molar-refractivity contribution >= 4 is 6.03 Å². The fraction of sp³-hybridized carbons (Fsp3) is 0.765. The summed E-state index contributed by atoms with van der Waals surface area (Å²) < 4.78 is 1.89. The molecule has 1 aliphatic rings. The van der Waals surface area contributed by atoms with Crippen LogP contribution in [-0.2, 0) is 13.6 Å². The average Bonchev–Trinajstić information content (AvgIpc) is 3.00. The number of aryl methyl sites for hydroxylation is 1. The number of aliphatic hydroxyl groups is 1. The molecule has 1 atom stereocenters. The fourth-order valence-corrected chi connectivity index (χ4v) is 3.22. The molecule has 1 aromatic rings. The maximum absolute atomic E-state index is 12.5. The number of piperidine rings is 1. The molecule has 0 unspecified atom stereocenters. The SMILES string of the molecule is CC[C@@H](CNC(=O)N(CCO)Cc1nccn1C)N1CCCCC1. The van der Waals surface area contributed by atoms with Crippen molar-refractivity contribution in [3.05, 3.63) is 18.2 Å². The van der Waals surface area contributed by atoms with Crippen molar-refractivity contribution in [2.75, 3.05) is 32.8 Å². The summed E-state index contributed by atoms with van der Waals surface area (Å²) in [6.45, 7) is 5.73. The zero-order chi connectivity index (χ0) is 17.4. The minimum Gasteiger partial charge on any atom is -0.395 e. The summed E-state index contributed by atoms with van der Waals surface area (Å²) in [4.78, 5) is 20.9. The number of amides is 2. The molecule has 0 saturated carbocycles. The number of aliphatic hydroxyl groups excluding tert-OH is 1. The van der Waals surface area contributed by atoms with Gasteiger partial charge in [0.2, 0.25) is 0 Å². The number of hydrogen-bond donors (Lipinski definition) is 2. The van der Waals surface area contributed by atoms with Gasteiger partial charge in [-0.15, -0.1) is 0 Å². The number of carbonyl (C=O) groups excluding carboxylic acids is 1. The maximum Gasteiger partial charge on any atom is 0.317 e. The summed E-state index contributed by atoms with van der Waals surface area (Å²) in [5.74, 6) is 0.807. The van der Waals surface area contributed by atoms with E-state index in [1.165, 1.54) is 19.3 Å². The standard InChI is InChI=1S/C17H31N5O2/c1-3-15(21-8-5-4-6-9-21)13-19-17(24)22(11-12-23)14-16-18-7-10-20(16)2/h7,10,15,23H,3-6,8-9,11-14H2,1-2H3,(H,19,24)/t15-/m0/s1. The van der Waals surface area contributed by atoms with Crippen LogP contribution in [0.2, 0.25) is 0 Å². The lowest BCUT2D eigenvalue weighted by Gasteiger charge is -2.34. The van der Waals surface area contributed by atoms with Crippen LogP contribution in [0.5, 0.6) is 0 Å². The maximum atomic E-state index is 12.5. The molecule has 0 aliphatic carbocycles. The molecule has 0 spiro atoms. The number of nitrogens with zero attached hydrogens (tertiary/aromatic N) is 4. The van der Waals surface area contributed by atoms with Crippen LogP contribution in [0.3, 0.4) is 0 Å². The van der Waals surface area contributed by atoms with Crippen LogP contribution in [0, 0.1) is 0 Å². The zero-order valence-electron chi connectivity index (χ0n) is 14.9. The second-order valence-corrected chi connectivity index (χ2v) is 6.44. The molecule has 7 nitrogen and oxygen atoms in total. The number of likely N-dealkylation sites (tertiary alicyclic amines) is 1. The largest absolute Gasteiger partial charge is 0.395 e. The van der Waals surface area contributed by atoms with Gasteiger partial charge in [0, 0.05) is 38.6 Å². The van der Waals surface area contributed by atoms with E-state index < -0.39 is 0 Å². The molecule has 7 heteroatoms. The molecule has 2 rings (SSSR count). The Kier molecular flexibility index (Phi) is 7.52. The minimum atomic E-state index is -0.137. The fourth-order valence-electron chi connectivity index (χ4n) is 3.22. The van der Waals surface area contributed by atoms with E-state index in [0.717, 1.165) is 25.3 Å². The number of nitrogens with one attached hydrogen (secondary N) is 1. The van der Waals surface area contributed by atoms with E-state index in [0.29, 0.717) is 25.7 Å². The van der Waals surface area contributed by atoms with Crippen LogP contribution in [0.15, 0.2) is 12.4 Å². The predicted molar refractivity (Wildman–Crippen MR) is 93.6 cm³/mol. The zero-order valence-corrected chi connectivity index (χ0v) is 14.9. The molecule has 2 heterocycles.